The molecule has 1 heterocycles. The van der Waals surface area contributed by atoms with Crippen molar-refractivity contribution < 1.29 is 27.1 Å². The zero-order valence-electron chi connectivity index (χ0n) is 16.8. The van der Waals surface area contributed by atoms with Gasteiger partial charge in [-0.25, -0.2) is 17.2 Å². The Hall–Kier alpha value is -2.07. The van der Waals surface area contributed by atoms with Crippen LogP contribution < -0.4 is 5.32 Å². The van der Waals surface area contributed by atoms with E-state index in [1.165, 1.54) is 12.1 Å². The van der Waals surface area contributed by atoms with Crippen LogP contribution in [0.2, 0.25) is 5.02 Å². The van der Waals surface area contributed by atoms with Gasteiger partial charge in [0.05, 0.1) is 11.1 Å². The lowest BCUT2D eigenvalue weighted by Gasteiger charge is -2.30. The number of sulfonamides is 1. The Kier molecular flexibility index (Phi) is 7.31. The molecule has 2 aromatic carbocycles. The molecule has 2 atom stereocenters. The number of benzene rings is 2. The fourth-order valence-corrected chi connectivity index (χ4v) is 5.17. The Morgan fingerprint density at radius 2 is 1.87 bits per heavy atom. The SMILES string of the molecule is CC1CCCCN(S(=O)(=O)c2cc(C(=O)Nc3ccc(F)c(Cl)c3)ccc2F)CC1O. The maximum Gasteiger partial charge on any atom is 0.255 e. The molecule has 2 unspecified atom stereocenters. The van der Waals surface area contributed by atoms with E-state index in [1.807, 2.05) is 6.92 Å². The second kappa shape index (κ2) is 9.60. The summed E-state index contributed by atoms with van der Waals surface area (Å²) in [5.74, 6) is -2.44. The van der Waals surface area contributed by atoms with Crippen molar-refractivity contribution >= 4 is 33.2 Å². The number of aliphatic hydroxyl groups excluding tert-OH is 1. The minimum atomic E-state index is -4.28. The third-order valence-electron chi connectivity index (χ3n) is 5.35. The summed E-state index contributed by atoms with van der Waals surface area (Å²) in [6.07, 6.45) is 1.25. The second-order valence-corrected chi connectivity index (χ2v) is 9.95. The second-order valence-electron chi connectivity index (χ2n) is 7.63. The lowest BCUT2D eigenvalue weighted by atomic mass is 9.96. The van der Waals surface area contributed by atoms with Crippen LogP contribution in [0.4, 0.5) is 14.5 Å². The maximum absolute atomic E-state index is 14.5. The van der Waals surface area contributed by atoms with Gasteiger partial charge in [-0.15, -0.1) is 0 Å². The van der Waals surface area contributed by atoms with Gasteiger partial charge < -0.3 is 10.4 Å². The molecule has 1 amide bonds. The Morgan fingerprint density at radius 1 is 1.16 bits per heavy atom. The summed E-state index contributed by atoms with van der Waals surface area (Å²) >= 11 is 5.70. The van der Waals surface area contributed by atoms with Crippen LogP contribution in [0, 0.1) is 17.6 Å². The van der Waals surface area contributed by atoms with Crippen molar-refractivity contribution in [3.05, 3.63) is 58.6 Å². The third-order valence-corrected chi connectivity index (χ3v) is 7.52. The Bertz CT molecular complexity index is 1080. The Balaban J connectivity index is 1.88. The fourth-order valence-electron chi connectivity index (χ4n) is 3.40. The molecule has 2 N–H and O–H groups in total. The number of halogens is 3. The van der Waals surface area contributed by atoms with E-state index in [2.05, 4.69) is 5.32 Å². The lowest BCUT2D eigenvalue weighted by Crippen LogP contribution is -2.42. The van der Waals surface area contributed by atoms with Crippen molar-refractivity contribution in [2.45, 2.75) is 37.2 Å². The summed E-state index contributed by atoms with van der Waals surface area (Å²) < 4.78 is 55.1. The monoisotopic (exact) mass is 472 g/mol. The van der Waals surface area contributed by atoms with Gasteiger partial charge in [0.1, 0.15) is 16.5 Å². The Labute approximate surface area is 184 Å². The lowest BCUT2D eigenvalue weighted by molar-refractivity contribution is 0.0803. The Morgan fingerprint density at radius 3 is 2.58 bits per heavy atom. The largest absolute Gasteiger partial charge is 0.391 e. The summed E-state index contributed by atoms with van der Waals surface area (Å²) in [4.78, 5) is 11.9. The number of rotatable bonds is 4. The number of hydrogen-bond acceptors (Lipinski definition) is 4. The first-order valence-electron chi connectivity index (χ1n) is 9.84. The number of β-amino-alcohol motifs (C(OH)–C–C–N with tert-alkyl or cyclic N) is 1. The van der Waals surface area contributed by atoms with Crippen LogP contribution in [-0.2, 0) is 10.0 Å². The highest BCUT2D eigenvalue weighted by Crippen LogP contribution is 2.26. The molecule has 0 aliphatic carbocycles. The van der Waals surface area contributed by atoms with Gasteiger partial charge >= 0.3 is 0 Å². The van der Waals surface area contributed by atoms with Gasteiger partial charge in [0.15, 0.2) is 0 Å². The van der Waals surface area contributed by atoms with Crippen LogP contribution in [0.3, 0.4) is 0 Å². The van der Waals surface area contributed by atoms with E-state index in [1.54, 1.807) is 0 Å². The number of carbonyl (C=O) groups is 1. The van der Waals surface area contributed by atoms with Crippen LogP contribution in [-0.4, -0.2) is 42.9 Å². The van der Waals surface area contributed by atoms with E-state index >= 15 is 0 Å². The summed E-state index contributed by atoms with van der Waals surface area (Å²) in [5, 5.41) is 12.6. The average molecular weight is 473 g/mol. The van der Waals surface area contributed by atoms with Crippen molar-refractivity contribution in [3.63, 3.8) is 0 Å². The molecule has 0 radical (unpaired) electrons. The zero-order valence-corrected chi connectivity index (χ0v) is 18.4. The van der Waals surface area contributed by atoms with Crippen LogP contribution in [0.1, 0.15) is 36.5 Å². The van der Waals surface area contributed by atoms with Gasteiger partial charge in [-0.2, -0.15) is 4.31 Å². The maximum atomic E-state index is 14.5. The number of carbonyl (C=O) groups excluding carboxylic acids is 1. The molecule has 0 spiro atoms. The van der Waals surface area contributed by atoms with E-state index < -0.39 is 38.6 Å². The molecule has 0 bridgehead atoms. The van der Waals surface area contributed by atoms with Gasteiger partial charge in [0.25, 0.3) is 5.91 Å². The molecule has 168 valence electrons. The topological polar surface area (TPSA) is 86.7 Å². The number of aliphatic hydroxyl groups is 1. The van der Waals surface area contributed by atoms with Crippen molar-refractivity contribution in [1.82, 2.24) is 4.31 Å². The summed E-state index contributed by atoms with van der Waals surface area (Å²) in [7, 11) is -4.28. The van der Waals surface area contributed by atoms with E-state index in [4.69, 9.17) is 11.6 Å². The highest BCUT2D eigenvalue weighted by molar-refractivity contribution is 7.89. The standard InChI is InChI=1S/C21H23ClF2N2O4S/c1-13-4-2-3-9-26(12-19(13)27)31(29,30)20-10-14(5-7-18(20)24)21(28)25-15-6-8-17(23)16(22)11-15/h5-8,10-11,13,19,27H,2-4,9,12H2,1H3,(H,25,28). The number of anilines is 1. The highest BCUT2D eigenvalue weighted by atomic mass is 35.5. The molecule has 6 nitrogen and oxygen atoms in total. The van der Waals surface area contributed by atoms with E-state index in [0.717, 1.165) is 41.4 Å². The van der Waals surface area contributed by atoms with Crippen LogP contribution in [0.15, 0.2) is 41.3 Å². The quantitative estimate of drug-likeness (QED) is 0.703. The zero-order chi connectivity index (χ0) is 22.8. The summed E-state index contributed by atoms with van der Waals surface area (Å²) in [6.45, 7) is 1.84. The van der Waals surface area contributed by atoms with Crippen molar-refractivity contribution in [2.24, 2.45) is 5.92 Å². The molecule has 1 saturated heterocycles. The van der Waals surface area contributed by atoms with E-state index in [-0.39, 0.29) is 35.3 Å². The first-order chi connectivity index (χ1) is 14.6. The van der Waals surface area contributed by atoms with Gasteiger partial charge in [0.2, 0.25) is 10.0 Å². The summed E-state index contributed by atoms with van der Waals surface area (Å²) in [5.41, 5.74) is 0.104. The minimum absolute atomic E-state index is 0.0810. The molecule has 2 aromatic rings. The van der Waals surface area contributed by atoms with Gasteiger partial charge in [-0.05, 0) is 55.2 Å². The molecule has 1 aliphatic heterocycles. The predicted molar refractivity (Wildman–Crippen MR) is 114 cm³/mol. The molecule has 31 heavy (non-hydrogen) atoms. The summed E-state index contributed by atoms with van der Waals surface area (Å²) in [6, 6.07) is 6.59. The number of amides is 1. The number of hydrogen-bond donors (Lipinski definition) is 2. The number of nitrogens with zero attached hydrogens (tertiary/aromatic N) is 1. The highest BCUT2D eigenvalue weighted by Gasteiger charge is 2.32. The minimum Gasteiger partial charge on any atom is -0.391 e. The van der Waals surface area contributed by atoms with Gasteiger partial charge in [-0.1, -0.05) is 24.9 Å². The molecular weight excluding hydrogens is 450 g/mol. The number of nitrogens with one attached hydrogen (secondary N) is 1. The first kappa shape index (κ1) is 23.6. The van der Waals surface area contributed by atoms with Crippen LogP contribution >= 0.6 is 11.6 Å². The average Bonchev–Trinajstić information content (AvgIpc) is 2.71. The molecule has 1 fully saturated rings. The predicted octanol–water partition coefficient (Wildman–Crippen LogP) is 4.04. The third kappa shape index (κ3) is 5.41. The molecular formula is C21H23ClF2N2O4S. The molecule has 1 aliphatic rings. The smallest absolute Gasteiger partial charge is 0.255 e. The van der Waals surface area contributed by atoms with E-state index in [0.29, 0.717) is 6.42 Å². The fraction of sp³-hybridized carbons (Fsp3) is 0.381. The van der Waals surface area contributed by atoms with Crippen molar-refractivity contribution in [1.29, 1.82) is 0 Å². The van der Waals surface area contributed by atoms with Gasteiger partial charge in [0, 0.05) is 24.3 Å². The first-order valence-corrected chi connectivity index (χ1v) is 11.7. The molecule has 10 heteroatoms. The van der Waals surface area contributed by atoms with Crippen molar-refractivity contribution in [2.75, 3.05) is 18.4 Å². The van der Waals surface area contributed by atoms with Crippen LogP contribution in [0.5, 0.6) is 0 Å². The van der Waals surface area contributed by atoms with Gasteiger partial charge in [-0.3, -0.25) is 4.79 Å². The normalized spacial score (nSPS) is 20.7. The molecule has 3 rings (SSSR count). The molecule has 0 saturated carbocycles. The molecule has 0 aromatic heterocycles. The van der Waals surface area contributed by atoms with Crippen molar-refractivity contribution in [3.8, 4) is 0 Å². The van der Waals surface area contributed by atoms with Crippen LogP contribution in [0.25, 0.3) is 0 Å². The van der Waals surface area contributed by atoms with E-state index in [9.17, 15) is 27.1 Å².